The first-order valence-corrected chi connectivity index (χ1v) is 8.63. The highest BCUT2D eigenvalue weighted by atomic mass is 16.2. The fraction of sp³-hybridized carbons (Fsp3) is 0.278. The van der Waals surface area contributed by atoms with Gasteiger partial charge in [-0.25, -0.2) is 4.98 Å². The molecule has 9 heteroatoms. The van der Waals surface area contributed by atoms with E-state index in [4.69, 9.17) is 0 Å². The molecule has 2 aromatic heterocycles. The van der Waals surface area contributed by atoms with Crippen molar-refractivity contribution in [3.8, 4) is 11.5 Å². The van der Waals surface area contributed by atoms with Crippen molar-refractivity contribution in [3.05, 3.63) is 36.4 Å². The van der Waals surface area contributed by atoms with Gasteiger partial charge in [0, 0.05) is 25.5 Å². The molecule has 0 saturated carbocycles. The Morgan fingerprint density at radius 2 is 2.04 bits per heavy atom. The van der Waals surface area contributed by atoms with Crippen molar-refractivity contribution in [2.75, 3.05) is 38.5 Å². The molecular weight excluding hydrogens is 346 g/mol. The van der Waals surface area contributed by atoms with Crippen molar-refractivity contribution >= 4 is 28.7 Å². The van der Waals surface area contributed by atoms with Crippen molar-refractivity contribution in [1.82, 2.24) is 30.0 Å². The molecule has 0 atom stereocenters. The van der Waals surface area contributed by atoms with E-state index in [1.54, 1.807) is 16.8 Å². The molecule has 1 aromatic carbocycles. The van der Waals surface area contributed by atoms with E-state index in [0.717, 1.165) is 10.9 Å². The monoisotopic (exact) mass is 365 g/mol. The van der Waals surface area contributed by atoms with Crippen LogP contribution in [0, 0.1) is 0 Å². The average molecular weight is 365 g/mol. The second-order valence-electron chi connectivity index (χ2n) is 6.47. The topological polar surface area (TPSA) is 107 Å². The third kappa shape index (κ3) is 3.77. The van der Waals surface area contributed by atoms with Crippen molar-refractivity contribution < 1.29 is 9.59 Å². The van der Waals surface area contributed by atoms with Crippen LogP contribution in [-0.2, 0) is 9.59 Å². The zero-order valence-corrected chi connectivity index (χ0v) is 14.8. The van der Waals surface area contributed by atoms with Gasteiger partial charge in [0.25, 0.3) is 0 Å². The molecule has 2 amide bonds. The van der Waals surface area contributed by atoms with Crippen molar-refractivity contribution in [2.24, 2.45) is 0 Å². The van der Waals surface area contributed by atoms with E-state index < -0.39 is 0 Å². The zero-order chi connectivity index (χ0) is 18.8. The molecular formula is C18H19N7O2. The summed E-state index contributed by atoms with van der Waals surface area (Å²) in [4.78, 5) is 36.2. The summed E-state index contributed by atoms with van der Waals surface area (Å²) >= 11 is 0. The van der Waals surface area contributed by atoms with E-state index in [9.17, 15) is 9.59 Å². The Labute approximate surface area is 155 Å². The quantitative estimate of drug-likeness (QED) is 0.706. The van der Waals surface area contributed by atoms with E-state index in [-0.39, 0.29) is 30.9 Å². The molecule has 1 aliphatic heterocycles. The van der Waals surface area contributed by atoms with Gasteiger partial charge in [-0.3, -0.25) is 24.9 Å². The van der Waals surface area contributed by atoms with Gasteiger partial charge in [0.15, 0.2) is 5.82 Å². The molecule has 0 radical (unpaired) electrons. The maximum atomic E-state index is 12.2. The standard InChI is InChI=1S/C18H19N7O2/c1-24-8-9-25(11-16(24)27)10-15(26)20-18-21-17(22-23-18)14-7-6-12-4-2-3-5-13(12)19-14/h2-7H,8-11H2,1H3,(H2,20,21,22,23,26). The number of benzene rings is 1. The first-order valence-electron chi connectivity index (χ1n) is 8.63. The van der Waals surface area contributed by atoms with Gasteiger partial charge in [0.05, 0.1) is 18.6 Å². The molecule has 0 bridgehead atoms. The summed E-state index contributed by atoms with van der Waals surface area (Å²) in [5.74, 6) is 0.414. The number of carbonyl (C=O) groups excluding carboxylic acids is 2. The lowest BCUT2D eigenvalue weighted by molar-refractivity contribution is -0.135. The summed E-state index contributed by atoms with van der Waals surface area (Å²) in [7, 11) is 1.76. The van der Waals surface area contributed by atoms with Crippen LogP contribution in [0.25, 0.3) is 22.4 Å². The largest absolute Gasteiger partial charge is 0.343 e. The molecule has 1 aliphatic rings. The highest BCUT2D eigenvalue weighted by Gasteiger charge is 2.23. The van der Waals surface area contributed by atoms with Gasteiger partial charge in [-0.05, 0) is 12.1 Å². The minimum absolute atomic E-state index is 0.0107. The normalized spacial score (nSPS) is 15.3. The molecule has 1 fully saturated rings. The number of para-hydroxylation sites is 1. The number of rotatable bonds is 4. The van der Waals surface area contributed by atoms with Crippen molar-refractivity contribution in [1.29, 1.82) is 0 Å². The first kappa shape index (κ1) is 17.1. The number of likely N-dealkylation sites (N-methyl/N-ethyl adjacent to an activating group) is 1. The number of nitrogens with one attached hydrogen (secondary N) is 2. The van der Waals surface area contributed by atoms with Crippen molar-refractivity contribution in [3.63, 3.8) is 0 Å². The fourth-order valence-corrected chi connectivity index (χ4v) is 2.94. The van der Waals surface area contributed by atoms with Crippen LogP contribution < -0.4 is 5.32 Å². The maximum Gasteiger partial charge on any atom is 0.249 e. The number of carbonyl (C=O) groups is 2. The van der Waals surface area contributed by atoms with Gasteiger partial charge in [0.2, 0.25) is 17.8 Å². The number of aromatic nitrogens is 4. The minimum atomic E-state index is -0.260. The Bertz CT molecular complexity index is 1000. The van der Waals surface area contributed by atoms with Crippen LogP contribution in [-0.4, -0.2) is 75.0 Å². The summed E-state index contributed by atoms with van der Waals surface area (Å²) in [6, 6.07) is 11.6. The number of nitrogens with zero attached hydrogens (tertiary/aromatic N) is 5. The van der Waals surface area contributed by atoms with Crippen LogP contribution in [0.15, 0.2) is 36.4 Å². The van der Waals surface area contributed by atoms with Crippen LogP contribution in [0.4, 0.5) is 5.95 Å². The zero-order valence-electron chi connectivity index (χ0n) is 14.8. The number of H-pyrrole nitrogens is 1. The van der Waals surface area contributed by atoms with Crippen LogP contribution >= 0.6 is 0 Å². The number of pyridine rings is 1. The lowest BCUT2D eigenvalue weighted by Gasteiger charge is -2.31. The number of hydrogen-bond acceptors (Lipinski definition) is 6. The Morgan fingerprint density at radius 3 is 2.89 bits per heavy atom. The maximum absolute atomic E-state index is 12.2. The smallest absolute Gasteiger partial charge is 0.249 e. The summed E-state index contributed by atoms with van der Waals surface area (Å²) in [5, 5.41) is 10.5. The van der Waals surface area contributed by atoms with Gasteiger partial charge in [-0.2, -0.15) is 4.98 Å². The lowest BCUT2D eigenvalue weighted by Crippen LogP contribution is -2.50. The number of fused-ring (bicyclic) bond motifs is 1. The fourth-order valence-electron chi connectivity index (χ4n) is 2.94. The second-order valence-corrected chi connectivity index (χ2v) is 6.47. The molecule has 1 saturated heterocycles. The molecule has 3 heterocycles. The molecule has 138 valence electrons. The van der Waals surface area contributed by atoms with Gasteiger partial charge >= 0.3 is 0 Å². The predicted octanol–water partition coefficient (Wildman–Crippen LogP) is 0.732. The first-order chi connectivity index (χ1) is 13.1. The number of hydrogen-bond donors (Lipinski definition) is 2. The summed E-state index contributed by atoms with van der Waals surface area (Å²) in [6.45, 7) is 1.64. The highest BCUT2D eigenvalue weighted by Crippen LogP contribution is 2.18. The molecule has 2 N–H and O–H groups in total. The van der Waals surface area contributed by atoms with E-state index in [1.807, 2.05) is 36.4 Å². The average Bonchev–Trinajstić information content (AvgIpc) is 3.12. The number of aromatic amines is 1. The van der Waals surface area contributed by atoms with E-state index in [1.165, 1.54) is 0 Å². The van der Waals surface area contributed by atoms with E-state index >= 15 is 0 Å². The van der Waals surface area contributed by atoms with Crippen LogP contribution in [0.5, 0.6) is 0 Å². The Hall–Kier alpha value is -3.33. The van der Waals surface area contributed by atoms with Crippen molar-refractivity contribution in [2.45, 2.75) is 0 Å². The third-order valence-corrected chi connectivity index (χ3v) is 4.48. The molecule has 0 unspecified atom stereocenters. The molecule has 27 heavy (non-hydrogen) atoms. The van der Waals surface area contributed by atoms with Gasteiger partial charge in [0.1, 0.15) is 5.69 Å². The van der Waals surface area contributed by atoms with Crippen LogP contribution in [0.1, 0.15) is 0 Å². The lowest BCUT2D eigenvalue weighted by atomic mass is 10.2. The number of piperazine rings is 1. The molecule has 0 spiro atoms. The Kier molecular flexibility index (Phi) is 4.51. The van der Waals surface area contributed by atoms with Gasteiger partial charge in [-0.1, -0.05) is 24.3 Å². The number of amides is 2. The van der Waals surface area contributed by atoms with Crippen LogP contribution in [0.3, 0.4) is 0 Å². The molecule has 0 aliphatic carbocycles. The van der Waals surface area contributed by atoms with E-state index in [0.29, 0.717) is 24.6 Å². The summed E-state index contributed by atoms with van der Waals surface area (Å²) in [6.07, 6.45) is 0. The van der Waals surface area contributed by atoms with Crippen LogP contribution in [0.2, 0.25) is 0 Å². The van der Waals surface area contributed by atoms with E-state index in [2.05, 4.69) is 25.5 Å². The SMILES string of the molecule is CN1CCN(CC(=O)Nc2n[nH]c(-c3ccc4ccccc4n3)n2)CC1=O. The van der Waals surface area contributed by atoms with Gasteiger partial charge in [-0.15, -0.1) is 5.10 Å². The minimum Gasteiger partial charge on any atom is -0.343 e. The number of anilines is 1. The molecule has 3 aromatic rings. The summed E-state index contributed by atoms with van der Waals surface area (Å²) < 4.78 is 0. The summed E-state index contributed by atoms with van der Waals surface area (Å²) in [5.41, 5.74) is 1.50. The van der Waals surface area contributed by atoms with Gasteiger partial charge < -0.3 is 4.90 Å². The Balaban J connectivity index is 1.41. The molecule has 9 nitrogen and oxygen atoms in total. The second kappa shape index (κ2) is 7.12. The third-order valence-electron chi connectivity index (χ3n) is 4.48. The Morgan fingerprint density at radius 1 is 1.19 bits per heavy atom. The predicted molar refractivity (Wildman–Crippen MR) is 99.8 cm³/mol. The highest BCUT2D eigenvalue weighted by molar-refractivity contribution is 5.91. The molecule has 4 rings (SSSR count).